The van der Waals surface area contributed by atoms with Crippen molar-refractivity contribution in [1.82, 2.24) is 4.57 Å². The number of hydrogen-bond donors (Lipinski definition) is 0. The molecule has 0 saturated heterocycles. The number of carbonyl (C=O) groups is 2. The largest absolute Gasteiger partial charge is 0.298 e. The molecule has 0 atom stereocenters. The standard InChI is InChI=1S/C17H12ClNO2/c1-11-15(10-20)14-7-2-3-8-16(14)19(11)17(21)12-5-4-6-13(18)9-12/h2-10H,1H3. The first-order valence-electron chi connectivity index (χ1n) is 6.49. The van der Waals surface area contributed by atoms with Crippen LogP contribution in [0.3, 0.4) is 0 Å². The van der Waals surface area contributed by atoms with Crippen LogP contribution in [0.15, 0.2) is 48.5 Å². The lowest BCUT2D eigenvalue weighted by Crippen LogP contribution is -2.13. The van der Waals surface area contributed by atoms with Crippen LogP contribution in [0.5, 0.6) is 0 Å². The molecular formula is C17H12ClNO2. The molecule has 0 radical (unpaired) electrons. The van der Waals surface area contributed by atoms with Crippen LogP contribution in [-0.2, 0) is 0 Å². The number of rotatable bonds is 2. The summed E-state index contributed by atoms with van der Waals surface area (Å²) in [4.78, 5) is 24.1. The molecular weight excluding hydrogens is 286 g/mol. The van der Waals surface area contributed by atoms with E-state index in [9.17, 15) is 9.59 Å². The molecule has 0 N–H and O–H groups in total. The van der Waals surface area contributed by atoms with Gasteiger partial charge in [-0.15, -0.1) is 0 Å². The van der Waals surface area contributed by atoms with Crippen LogP contribution in [0, 0.1) is 6.92 Å². The van der Waals surface area contributed by atoms with E-state index in [0.717, 1.165) is 17.2 Å². The Morgan fingerprint density at radius 1 is 1.14 bits per heavy atom. The zero-order valence-electron chi connectivity index (χ0n) is 11.3. The van der Waals surface area contributed by atoms with Gasteiger partial charge < -0.3 is 0 Å². The van der Waals surface area contributed by atoms with Crippen molar-refractivity contribution in [2.24, 2.45) is 0 Å². The average Bonchev–Trinajstić information content (AvgIpc) is 2.78. The SMILES string of the molecule is Cc1c(C=O)c2ccccc2n1C(=O)c1cccc(Cl)c1. The highest BCUT2D eigenvalue weighted by Gasteiger charge is 2.19. The molecule has 104 valence electrons. The molecule has 1 heterocycles. The van der Waals surface area contributed by atoms with Gasteiger partial charge in [-0.3, -0.25) is 14.2 Å². The van der Waals surface area contributed by atoms with E-state index < -0.39 is 0 Å². The Kier molecular flexibility index (Phi) is 3.35. The van der Waals surface area contributed by atoms with E-state index in [1.807, 2.05) is 24.3 Å². The molecule has 2 aromatic carbocycles. The molecule has 4 heteroatoms. The summed E-state index contributed by atoms with van der Waals surface area (Å²) >= 11 is 5.95. The van der Waals surface area contributed by atoms with E-state index in [1.54, 1.807) is 35.8 Å². The summed E-state index contributed by atoms with van der Waals surface area (Å²) in [5.74, 6) is -0.195. The Bertz CT molecular complexity index is 864. The minimum atomic E-state index is -0.195. The van der Waals surface area contributed by atoms with Gasteiger partial charge in [0, 0.05) is 27.2 Å². The van der Waals surface area contributed by atoms with Crippen molar-refractivity contribution in [2.75, 3.05) is 0 Å². The quantitative estimate of drug-likeness (QED) is 0.668. The molecule has 0 fully saturated rings. The second-order valence-corrected chi connectivity index (χ2v) is 5.22. The second kappa shape index (κ2) is 5.19. The third-order valence-corrected chi connectivity index (χ3v) is 3.79. The molecule has 3 rings (SSSR count). The van der Waals surface area contributed by atoms with Crippen LogP contribution in [0.4, 0.5) is 0 Å². The summed E-state index contributed by atoms with van der Waals surface area (Å²) in [7, 11) is 0. The second-order valence-electron chi connectivity index (χ2n) is 4.78. The normalized spacial score (nSPS) is 10.8. The van der Waals surface area contributed by atoms with Crippen molar-refractivity contribution in [3.8, 4) is 0 Å². The third-order valence-electron chi connectivity index (χ3n) is 3.55. The molecule has 0 amide bonds. The highest BCUT2D eigenvalue weighted by Crippen LogP contribution is 2.25. The lowest BCUT2D eigenvalue weighted by molar-refractivity contribution is 0.0963. The molecule has 0 bridgehead atoms. The zero-order chi connectivity index (χ0) is 15.0. The van der Waals surface area contributed by atoms with E-state index in [0.29, 0.717) is 21.8 Å². The van der Waals surface area contributed by atoms with Crippen molar-refractivity contribution >= 4 is 34.7 Å². The fourth-order valence-corrected chi connectivity index (χ4v) is 2.74. The summed E-state index contributed by atoms with van der Waals surface area (Å²) in [6, 6.07) is 14.2. The Labute approximate surface area is 126 Å². The molecule has 3 aromatic rings. The minimum absolute atomic E-state index is 0.195. The maximum absolute atomic E-state index is 12.8. The summed E-state index contributed by atoms with van der Waals surface area (Å²) < 4.78 is 1.56. The van der Waals surface area contributed by atoms with Crippen molar-refractivity contribution in [3.63, 3.8) is 0 Å². The summed E-state index contributed by atoms with van der Waals surface area (Å²) in [6.45, 7) is 1.77. The van der Waals surface area contributed by atoms with E-state index >= 15 is 0 Å². The van der Waals surface area contributed by atoms with Gasteiger partial charge in [0.25, 0.3) is 5.91 Å². The van der Waals surface area contributed by atoms with Crippen molar-refractivity contribution in [3.05, 3.63) is 70.4 Å². The van der Waals surface area contributed by atoms with Gasteiger partial charge in [-0.1, -0.05) is 35.9 Å². The lowest BCUT2D eigenvalue weighted by Gasteiger charge is -2.07. The zero-order valence-corrected chi connectivity index (χ0v) is 12.1. The Morgan fingerprint density at radius 3 is 2.62 bits per heavy atom. The fraction of sp³-hybridized carbons (Fsp3) is 0.0588. The van der Waals surface area contributed by atoms with Gasteiger partial charge in [0.15, 0.2) is 6.29 Å². The van der Waals surface area contributed by atoms with Crippen LogP contribution < -0.4 is 0 Å². The van der Waals surface area contributed by atoms with Crippen molar-refractivity contribution in [2.45, 2.75) is 6.92 Å². The molecule has 0 aliphatic rings. The number of carbonyl (C=O) groups excluding carboxylic acids is 2. The summed E-state index contributed by atoms with van der Waals surface area (Å²) in [5, 5.41) is 1.28. The highest BCUT2D eigenvalue weighted by molar-refractivity contribution is 6.31. The van der Waals surface area contributed by atoms with Crippen molar-refractivity contribution < 1.29 is 9.59 Å². The molecule has 0 aliphatic heterocycles. The van der Waals surface area contributed by atoms with Gasteiger partial charge in [0.2, 0.25) is 0 Å². The topological polar surface area (TPSA) is 39.1 Å². The number of para-hydroxylation sites is 1. The molecule has 0 aliphatic carbocycles. The van der Waals surface area contributed by atoms with Gasteiger partial charge in [-0.25, -0.2) is 0 Å². The Hall–Kier alpha value is -2.39. The van der Waals surface area contributed by atoms with E-state index in [1.165, 1.54) is 0 Å². The maximum atomic E-state index is 12.8. The van der Waals surface area contributed by atoms with Crippen LogP contribution >= 0.6 is 11.6 Å². The first kappa shape index (κ1) is 13.6. The predicted molar refractivity (Wildman–Crippen MR) is 83.2 cm³/mol. The van der Waals surface area contributed by atoms with E-state index in [4.69, 9.17) is 11.6 Å². The van der Waals surface area contributed by atoms with Crippen LogP contribution in [0.2, 0.25) is 5.02 Å². The molecule has 1 aromatic heterocycles. The molecule has 0 unspecified atom stereocenters. The van der Waals surface area contributed by atoms with E-state index in [-0.39, 0.29) is 5.91 Å². The van der Waals surface area contributed by atoms with Crippen LogP contribution in [-0.4, -0.2) is 16.8 Å². The van der Waals surface area contributed by atoms with Crippen LogP contribution in [0.25, 0.3) is 10.9 Å². The maximum Gasteiger partial charge on any atom is 0.262 e. The molecule has 21 heavy (non-hydrogen) atoms. The smallest absolute Gasteiger partial charge is 0.262 e. The Balaban J connectivity index is 2.28. The number of aromatic nitrogens is 1. The van der Waals surface area contributed by atoms with Gasteiger partial charge in [0.05, 0.1) is 5.52 Å². The molecule has 0 saturated carbocycles. The summed E-state index contributed by atoms with van der Waals surface area (Å²) in [5.41, 5.74) is 2.39. The van der Waals surface area contributed by atoms with Crippen molar-refractivity contribution in [1.29, 1.82) is 0 Å². The van der Waals surface area contributed by atoms with Gasteiger partial charge in [-0.05, 0) is 31.2 Å². The van der Waals surface area contributed by atoms with E-state index in [2.05, 4.69) is 0 Å². The number of benzene rings is 2. The predicted octanol–water partition coefficient (Wildman–Crippen LogP) is 4.10. The first-order chi connectivity index (χ1) is 10.1. The number of halogens is 1. The fourth-order valence-electron chi connectivity index (χ4n) is 2.55. The lowest BCUT2D eigenvalue weighted by atomic mass is 10.1. The molecule has 0 spiro atoms. The molecule has 3 nitrogen and oxygen atoms in total. The first-order valence-corrected chi connectivity index (χ1v) is 6.86. The number of fused-ring (bicyclic) bond motifs is 1. The minimum Gasteiger partial charge on any atom is -0.298 e. The third kappa shape index (κ3) is 2.16. The number of hydrogen-bond acceptors (Lipinski definition) is 2. The highest BCUT2D eigenvalue weighted by atomic mass is 35.5. The van der Waals surface area contributed by atoms with Gasteiger partial charge >= 0.3 is 0 Å². The van der Waals surface area contributed by atoms with Gasteiger partial charge in [-0.2, -0.15) is 0 Å². The monoisotopic (exact) mass is 297 g/mol. The average molecular weight is 298 g/mol. The summed E-state index contributed by atoms with van der Waals surface area (Å²) in [6.07, 6.45) is 0.791. The number of nitrogens with zero attached hydrogens (tertiary/aromatic N) is 1. The van der Waals surface area contributed by atoms with Crippen LogP contribution in [0.1, 0.15) is 26.4 Å². The Morgan fingerprint density at radius 2 is 1.90 bits per heavy atom. The van der Waals surface area contributed by atoms with Gasteiger partial charge in [0.1, 0.15) is 0 Å². The number of aldehydes is 1.